The number of amides is 6. The summed E-state index contributed by atoms with van der Waals surface area (Å²) in [5, 5.41) is 37.4. The minimum Gasteiger partial charge on any atom is -0.481 e. The molecule has 2 rings (SSSR count). The van der Waals surface area contributed by atoms with Gasteiger partial charge in [0.15, 0.2) is 0 Å². The lowest BCUT2D eigenvalue weighted by Gasteiger charge is -2.24. The molecule has 0 bridgehead atoms. The van der Waals surface area contributed by atoms with Gasteiger partial charge in [0.1, 0.15) is 18.1 Å². The number of azide groups is 1. The normalized spacial score (nSPS) is 12.5. The Hall–Kier alpha value is -6.86. The van der Waals surface area contributed by atoms with Crippen LogP contribution in [-0.2, 0) is 56.0 Å². The van der Waals surface area contributed by atoms with Crippen LogP contribution in [0.3, 0.4) is 0 Å². The first kappa shape index (κ1) is 53.3. The summed E-state index contributed by atoms with van der Waals surface area (Å²) in [6.45, 7) is 0.742. The molecule has 0 aliphatic heterocycles. The zero-order valence-electron chi connectivity index (χ0n) is 35.8. The number of aliphatic carboxylic acids is 2. The van der Waals surface area contributed by atoms with E-state index in [1.54, 1.807) is 0 Å². The van der Waals surface area contributed by atoms with Crippen LogP contribution < -0.4 is 37.6 Å². The highest BCUT2D eigenvalue weighted by atomic mass is 16.4. The number of carboxylic acid groups (broad SMARTS) is 2. The van der Waals surface area contributed by atoms with Crippen LogP contribution >= 0.6 is 0 Å². The van der Waals surface area contributed by atoms with Gasteiger partial charge in [-0.15, -0.1) is 0 Å². The van der Waals surface area contributed by atoms with Crippen molar-refractivity contribution in [1.82, 2.24) is 31.9 Å². The number of carbonyl (C=O) groups excluding carboxylic acids is 7. The van der Waals surface area contributed by atoms with E-state index < -0.39 is 71.9 Å². The molecular formula is C43H60N10O11. The first-order valence-electron chi connectivity index (χ1n) is 21.2. The fraction of sp³-hybridized carbons (Fsp3) is 0.512. The summed E-state index contributed by atoms with van der Waals surface area (Å²) >= 11 is 0. The van der Waals surface area contributed by atoms with Gasteiger partial charge in [-0.2, -0.15) is 0 Å². The number of nitrogens with one attached hydrogen (secondary N) is 6. The third kappa shape index (κ3) is 23.4. The molecule has 0 saturated heterocycles. The topological polar surface area (TPSA) is 341 Å². The van der Waals surface area contributed by atoms with Gasteiger partial charge in [-0.25, -0.2) is 4.79 Å². The number of carboxylic acids is 2. The molecule has 0 fully saturated rings. The van der Waals surface area contributed by atoms with E-state index in [9.17, 15) is 48.3 Å². The molecule has 0 saturated carbocycles. The molecule has 0 heterocycles. The van der Waals surface area contributed by atoms with Crippen molar-refractivity contribution in [2.45, 2.75) is 114 Å². The highest BCUT2D eigenvalue weighted by molar-refractivity contribution is 6.38. The smallest absolute Gasteiger partial charge is 0.326 e. The van der Waals surface area contributed by atoms with Gasteiger partial charge in [0.05, 0.1) is 6.04 Å². The molecule has 2 aromatic rings. The van der Waals surface area contributed by atoms with Gasteiger partial charge >= 0.3 is 11.9 Å². The highest BCUT2D eigenvalue weighted by Gasteiger charge is 2.29. The molecule has 64 heavy (non-hydrogen) atoms. The molecule has 6 amide bonds. The number of hydrogen-bond donors (Lipinski definition) is 9. The second kappa shape index (κ2) is 31.1. The van der Waals surface area contributed by atoms with Gasteiger partial charge in [0.25, 0.3) is 5.91 Å². The first-order chi connectivity index (χ1) is 30.7. The standard InChI is InChI=1S/C43H60N10O11/c44-31(19-22-38(57)58)39(59)42(62)51-32(43(63)64)20-21-36(55)46-23-11-3-1-2-10-17-37(56)50-34(28-30-15-8-5-9-16-30)41(61)52-33(27-29-13-6-4-7-14-29)40(60)48-26-25-47-35(54)18-12-24-49-53-45/h4-9,13-16,31-34H,1-3,10-12,17-28,44H2,(H,46,55)(H,47,54)(H,48,60)(H,50,56)(H,51,62)(H,52,61)(H,57,58)(H,63,64)/t31-,32-,33-,34-/m0/s1. The third-order valence-electron chi connectivity index (χ3n) is 9.72. The second-order valence-electron chi connectivity index (χ2n) is 14.9. The average molecular weight is 893 g/mol. The molecule has 21 heteroatoms. The predicted molar refractivity (Wildman–Crippen MR) is 233 cm³/mol. The van der Waals surface area contributed by atoms with Crippen LogP contribution in [-0.4, -0.2) is 114 Å². The molecule has 0 aromatic heterocycles. The lowest BCUT2D eigenvalue weighted by atomic mass is 10.0. The third-order valence-corrected chi connectivity index (χ3v) is 9.72. The van der Waals surface area contributed by atoms with Crippen molar-refractivity contribution in [2.75, 3.05) is 26.2 Å². The SMILES string of the molecule is [N-]=[N+]=NCCCC(=O)NCCNC(=O)[C@H](Cc1ccccc1)NC(=O)[C@H](Cc1ccccc1)NC(=O)CCCCCCCNC(=O)CC[C@H](NC(=O)C(=O)[C@@H](N)CCC(=O)O)C(=O)O. The number of benzene rings is 2. The average Bonchev–Trinajstić information content (AvgIpc) is 3.27. The van der Waals surface area contributed by atoms with E-state index in [0.29, 0.717) is 32.2 Å². The van der Waals surface area contributed by atoms with Crippen molar-refractivity contribution in [3.63, 3.8) is 0 Å². The summed E-state index contributed by atoms with van der Waals surface area (Å²) in [6.07, 6.45) is 3.01. The van der Waals surface area contributed by atoms with Crippen LogP contribution in [0.4, 0.5) is 0 Å². The fourth-order valence-corrected chi connectivity index (χ4v) is 6.21. The van der Waals surface area contributed by atoms with E-state index in [0.717, 1.165) is 24.0 Å². The summed E-state index contributed by atoms with van der Waals surface area (Å²) in [6, 6.07) is 13.3. The Morgan fingerprint density at radius 2 is 1.12 bits per heavy atom. The molecule has 348 valence electrons. The van der Waals surface area contributed by atoms with Gasteiger partial charge in [-0.1, -0.05) is 85.0 Å². The number of unbranched alkanes of at least 4 members (excludes halogenated alkanes) is 4. The van der Waals surface area contributed by atoms with Crippen LogP contribution in [0.2, 0.25) is 0 Å². The minimum absolute atomic E-state index is 0.0982. The number of rotatable bonds is 33. The Labute approximate surface area is 371 Å². The molecule has 2 aromatic carbocycles. The summed E-state index contributed by atoms with van der Waals surface area (Å²) in [4.78, 5) is 114. The fourth-order valence-electron chi connectivity index (χ4n) is 6.21. The van der Waals surface area contributed by atoms with Gasteiger partial charge in [0, 0.05) is 69.6 Å². The predicted octanol–water partition coefficient (Wildman–Crippen LogP) is 1.33. The maximum Gasteiger partial charge on any atom is 0.326 e. The zero-order valence-corrected chi connectivity index (χ0v) is 35.8. The largest absolute Gasteiger partial charge is 0.481 e. The zero-order chi connectivity index (χ0) is 47.1. The molecule has 0 spiro atoms. The summed E-state index contributed by atoms with van der Waals surface area (Å²) in [5.41, 5.74) is 15.5. The Bertz CT molecular complexity index is 1900. The summed E-state index contributed by atoms with van der Waals surface area (Å²) < 4.78 is 0. The van der Waals surface area contributed by atoms with Crippen LogP contribution in [0.1, 0.15) is 88.2 Å². The van der Waals surface area contributed by atoms with Gasteiger partial charge < -0.3 is 47.8 Å². The molecule has 0 radical (unpaired) electrons. The van der Waals surface area contributed by atoms with E-state index >= 15 is 0 Å². The molecule has 0 unspecified atom stereocenters. The van der Waals surface area contributed by atoms with Crippen LogP contribution in [0, 0.1) is 0 Å². The Morgan fingerprint density at radius 3 is 1.73 bits per heavy atom. The van der Waals surface area contributed by atoms with E-state index in [1.165, 1.54) is 0 Å². The van der Waals surface area contributed by atoms with Crippen molar-refractivity contribution in [2.24, 2.45) is 10.8 Å². The number of carbonyl (C=O) groups is 9. The van der Waals surface area contributed by atoms with E-state index in [-0.39, 0.29) is 76.4 Å². The number of Topliss-reactive ketones (excluding diaryl/α,β-unsaturated/α-hetero) is 1. The first-order valence-corrected chi connectivity index (χ1v) is 21.2. The highest BCUT2D eigenvalue weighted by Crippen LogP contribution is 2.10. The van der Waals surface area contributed by atoms with E-state index in [1.807, 2.05) is 66.0 Å². The van der Waals surface area contributed by atoms with Crippen molar-refractivity contribution in [3.05, 3.63) is 82.2 Å². The van der Waals surface area contributed by atoms with E-state index in [4.69, 9.17) is 16.4 Å². The van der Waals surface area contributed by atoms with Gasteiger partial charge in [0.2, 0.25) is 35.3 Å². The molecule has 21 nitrogen and oxygen atoms in total. The van der Waals surface area contributed by atoms with Crippen molar-refractivity contribution >= 4 is 53.2 Å². The lowest BCUT2D eigenvalue weighted by molar-refractivity contribution is -0.145. The maximum atomic E-state index is 13.8. The monoisotopic (exact) mass is 892 g/mol. The number of nitrogens with two attached hydrogens (primary N) is 1. The van der Waals surface area contributed by atoms with Crippen molar-refractivity contribution in [3.8, 4) is 0 Å². The lowest BCUT2D eigenvalue weighted by Crippen LogP contribution is -2.55. The number of nitrogens with zero attached hydrogens (tertiary/aromatic N) is 3. The Balaban J connectivity index is 1.83. The Morgan fingerprint density at radius 1 is 0.578 bits per heavy atom. The van der Waals surface area contributed by atoms with Crippen molar-refractivity contribution in [1.29, 1.82) is 0 Å². The molecular weight excluding hydrogens is 833 g/mol. The summed E-state index contributed by atoms with van der Waals surface area (Å²) in [5.74, 6) is -7.18. The molecule has 0 aliphatic rings. The number of ketones is 1. The van der Waals surface area contributed by atoms with Crippen LogP contribution in [0.15, 0.2) is 65.8 Å². The van der Waals surface area contributed by atoms with Crippen LogP contribution in [0.25, 0.3) is 10.4 Å². The quantitative estimate of drug-likeness (QED) is 0.0161. The maximum absolute atomic E-state index is 13.8. The summed E-state index contributed by atoms with van der Waals surface area (Å²) in [7, 11) is 0. The van der Waals surface area contributed by atoms with Gasteiger partial charge in [-0.3, -0.25) is 38.4 Å². The second-order valence-corrected chi connectivity index (χ2v) is 14.9. The van der Waals surface area contributed by atoms with Gasteiger partial charge in [-0.05, 0) is 48.8 Å². The van der Waals surface area contributed by atoms with E-state index in [2.05, 4.69) is 36.6 Å². The number of hydrogen-bond acceptors (Lipinski definition) is 11. The minimum atomic E-state index is -1.54. The molecule has 0 aliphatic carbocycles. The van der Waals surface area contributed by atoms with Crippen molar-refractivity contribution < 1.29 is 53.4 Å². The molecule has 4 atom stereocenters. The molecule has 10 N–H and O–H groups in total. The Kier molecular flexibility index (Phi) is 25.8. The van der Waals surface area contributed by atoms with Crippen LogP contribution in [0.5, 0.6) is 0 Å².